The highest BCUT2D eigenvalue weighted by Gasteiger charge is 2.15. The first kappa shape index (κ1) is 13.1. The quantitative estimate of drug-likeness (QED) is 0.780. The molecule has 0 aromatic carbocycles. The Morgan fingerprint density at radius 2 is 2.19 bits per heavy atom. The predicted molar refractivity (Wildman–Crippen MR) is 62.2 cm³/mol. The van der Waals surface area contributed by atoms with E-state index in [2.05, 4.69) is 5.43 Å². The molecule has 90 valence electrons. The lowest BCUT2D eigenvalue weighted by Gasteiger charge is -2.08. The Labute approximate surface area is 98.9 Å². The van der Waals surface area contributed by atoms with Gasteiger partial charge in [0.15, 0.2) is 0 Å². The molecule has 2 N–H and O–H groups in total. The number of sulfonamides is 1. The van der Waals surface area contributed by atoms with Crippen molar-refractivity contribution in [3.8, 4) is 0 Å². The van der Waals surface area contributed by atoms with Crippen LogP contribution in [0, 0.1) is 5.92 Å². The molecule has 1 amide bonds. The Morgan fingerprint density at radius 1 is 1.50 bits per heavy atom. The van der Waals surface area contributed by atoms with E-state index in [1.54, 1.807) is 11.4 Å². The number of hydrazine groups is 1. The number of hydrogen-bond acceptors (Lipinski definition) is 4. The minimum absolute atomic E-state index is 0.178. The maximum Gasteiger partial charge on any atom is 0.266 e. The van der Waals surface area contributed by atoms with E-state index >= 15 is 0 Å². The standard InChI is InChI=1S/C9H14N2O3S2/c1-7(2)6-8(12)10-11-16(13,14)9-4-3-5-15-9/h3-5,7,11H,6H2,1-2H3,(H,10,12). The van der Waals surface area contributed by atoms with Crippen LogP contribution in [0.25, 0.3) is 0 Å². The van der Waals surface area contributed by atoms with Crippen LogP contribution in [0.5, 0.6) is 0 Å². The third-order valence-electron chi connectivity index (χ3n) is 1.68. The number of rotatable bonds is 5. The van der Waals surface area contributed by atoms with Gasteiger partial charge in [-0.05, 0) is 17.4 Å². The lowest BCUT2D eigenvalue weighted by Crippen LogP contribution is -2.41. The molecule has 0 aliphatic heterocycles. The van der Waals surface area contributed by atoms with Crippen LogP contribution in [-0.4, -0.2) is 14.3 Å². The van der Waals surface area contributed by atoms with E-state index < -0.39 is 10.0 Å². The molecule has 0 radical (unpaired) electrons. The van der Waals surface area contributed by atoms with E-state index in [1.807, 2.05) is 18.7 Å². The second-order valence-electron chi connectivity index (χ2n) is 3.68. The van der Waals surface area contributed by atoms with E-state index in [0.717, 1.165) is 11.3 Å². The summed E-state index contributed by atoms with van der Waals surface area (Å²) in [6.07, 6.45) is 0.285. The first-order chi connectivity index (χ1) is 7.42. The van der Waals surface area contributed by atoms with E-state index in [-0.39, 0.29) is 22.5 Å². The molecule has 0 aliphatic carbocycles. The summed E-state index contributed by atoms with van der Waals surface area (Å²) in [5.74, 6) is -0.152. The van der Waals surface area contributed by atoms with Crippen molar-refractivity contribution in [1.29, 1.82) is 0 Å². The van der Waals surface area contributed by atoms with Crippen LogP contribution in [0.15, 0.2) is 21.7 Å². The number of amides is 1. The fourth-order valence-electron chi connectivity index (χ4n) is 1.01. The van der Waals surface area contributed by atoms with Crippen molar-refractivity contribution < 1.29 is 13.2 Å². The smallest absolute Gasteiger partial charge is 0.266 e. The highest BCUT2D eigenvalue weighted by atomic mass is 32.2. The van der Waals surface area contributed by atoms with E-state index in [9.17, 15) is 13.2 Å². The van der Waals surface area contributed by atoms with Crippen LogP contribution in [0.2, 0.25) is 0 Å². The van der Waals surface area contributed by atoms with Crippen molar-refractivity contribution >= 4 is 27.3 Å². The van der Waals surface area contributed by atoms with Crippen molar-refractivity contribution in [1.82, 2.24) is 10.3 Å². The summed E-state index contributed by atoms with van der Waals surface area (Å²) in [4.78, 5) is 13.3. The average Bonchev–Trinajstić information content (AvgIpc) is 2.67. The molecule has 16 heavy (non-hydrogen) atoms. The summed E-state index contributed by atoms with van der Waals surface area (Å²) < 4.78 is 23.3. The number of carbonyl (C=O) groups is 1. The Morgan fingerprint density at radius 3 is 2.69 bits per heavy atom. The van der Waals surface area contributed by atoms with Gasteiger partial charge in [0.05, 0.1) is 0 Å². The summed E-state index contributed by atoms with van der Waals surface area (Å²) in [6.45, 7) is 3.76. The van der Waals surface area contributed by atoms with Gasteiger partial charge in [0, 0.05) is 6.42 Å². The predicted octanol–water partition coefficient (Wildman–Crippen LogP) is 1.10. The molecular formula is C9H14N2O3S2. The number of hydrogen-bond donors (Lipinski definition) is 2. The van der Waals surface area contributed by atoms with Crippen LogP contribution < -0.4 is 10.3 Å². The summed E-state index contributed by atoms with van der Waals surface area (Å²) in [6, 6.07) is 3.11. The molecule has 5 nitrogen and oxygen atoms in total. The van der Waals surface area contributed by atoms with E-state index in [1.165, 1.54) is 6.07 Å². The van der Waals surface area contributed by atoms with Gasteiger partial charge in [0.25, 0.3) is 10.0 Å². The minimum Gasteiger partial charge on any atom is -0.278 e. The Kier molecular flexibility index (Phi) is 4.45. The normalized spacial score (nSPS) is 11.7. The van der Waals surface area contributed by atoms with Gasteiger partial charge in [-0.2, -0.15) is 0 Å². The zero-order valence-corrected chi connectivity index (χ0v) is 10.7. The molecule has 0 bridgehead atoms. The maximum absolute atomic E-state index is 11.6. The minimum atomic E-state index is -3.61. The summed E-state index contributed by atoms with van der Waals surface area (Å²) in [5.41, 5.74) is 2.17. The van der Waals surface area contributed by atoms with Gasteiger partial charge in [-0.15, -0.1) is 16.2 Å². The highest BCUT2D eigenvalue weighted by Crippen LogP contribution is 2.14. The van der Waals surface area contributed by atoms with Crippen molar-refractivity contribution in [3.05, 3.63) is 17.5 Å². The number of nitrogens with one attached hydrogen (secondary N) is 2. The molecule has 0 atom stereocenters. The van der Waals surface area contributed by atoms with Gasteiger partial charge >= 0.3 is 0 Å². The molecule has 0 spiro atoms. The first-order valence-corrected chi connectivity index (χ1v) is 7.12. The second-order valence-corrected chi connectivity index (χ2v) is 6.54. The Bertz CT molecular complexity index is 437. The SMILES string of the molecule is CC(C)CC(=O)NNS(=O)(=O)c1cccs1. The zero-order valence-electron chi connectivity index (χ0n) is 9.06. The monoisotopic (exact) mass is 262 g/mol. The molecule has 1 aromatic heterocycles. The molecule has 0 aliphatic rings. The fourth-order valence-corrected chi connectivity index (χ4v) is 2.87. The largest absolute Gasteiger partial charge is 0.278 e. The van der Waals surface area contributed by atoms with Crippen LogP contribution in [0.1, 0.15) is 20.3 Å². The summed E-state index contributed by atoms with van der Waals surface area (Å²) >= 11 is 1.09. The fraction of sp³-hybridized carbons (Fsp3) is 0.444. The third kappa shape index (κ3) is 3.92. The van der Waals surface area contributed by atoms with Gasteiger partial charge in [-0.25, -0.2) is 8.42 Å². The second kappa shape index (κ2) is 5.42. The molecule has 0 saturated heterocycles. The van der Waals surface area contributed by atoms with Crippen LogP contribution >= 0.6 is 11.3 Å². The van der Waals surface area contributed by atoms with Crippen molar-refractivity contribution in [2.24, 2.45) is 5.92 Å². The van der Waals surface area contributed by atoms with Gasteiger partial charge in [-0.3, -0.25) is 10.2 Å². The number of thiophene rings is 1. The summed E-state index contributed by atoms with van der Waals surface area (Å²) in [5, 5.41) is 1.66. The molecule has 1 aromatic rings. The van der Waals surface area contributed by atoms with Crippen LogP contribution in [0.3, 0.4) is 0 Å². The third-order valence-corrected chi connectivity index (χ3v) is 4.32. The maximum atomic E-state index is 11.6. The number of carbonyl (C=O) groups excluding carboxylic acids is 1. The van der Waals surface area contributed by atoms with E-state index in [4.69, 9.17) is 0 Å². The van der Waals surface area contributed by atoms with E-state index in [0.29, 0.717) is 0 Å². The van der Waals surface area contributed by atoms with Gasteiger partial charge in [-0.1, -0.05) is 19.9 Å². The summed E-state index contributed by atoms with van der Waals surface area (Å²) in [7, 11) is -3.61. The molecule has 1 heterocycles. The molecule has 0 fully saturated rings. The average molecular weight is 262 g/mol. The van der Waals surface area contributed by atoms with Crippen LogP contribution in [-0.2, 0) is 14.8 Å². The van der Waals surface area contributed by atoms with Gasteiger partial charge < -0.3 is 0 Å². The topological polar surface area (TPSA) is 75.3 Å². The molecule has 0 saturated carbocycles. The van der Waals surface area contributed by atoms with Crippen molar-refractivity contribution in [2.45, 2.75) is 24.5 Å². The zero-order chi connectivity index (χ0) is 12.2. The molecule has 0 unspecified atom stereocenters. The first-order valence-electron chi connectivity index (χ1n) is 4.76. The highest BCUT2D eigenvalue weighted by molar-refractivity contribution is 7.91. The van der Waals surface area contributed by atoms with Crippen LogP contribution in [0.4, 0.5) is 0 Å². The van der Waals surface area contributed by atoms with Gasteiger partial charge in [0.2, 0.25) is 5.91 Å². The molecule has 1 rings (SSSR count). The van der Waals surface area contributed by atoms with Gasteiger partial charge in [0.1, 0.15) is 4.21 Å². The Hall–Kier alpha value is -0.920. The molecular weight excluding hydrogens is 248 g/mol. The van der Waals surface area contributed by atoms with Crippen molar-refractivity contribution in [3.63, 3.8) is 0 Å². The Balaban J connectivity index is 2.53. The van der Waals surface area contributed by atoms with Crippen molar-refractivity contribution in [2.75, 3.05) is 0 Å². The lowest BCUT2D eigenvalue weighted by molar-refractivity contribution is -0.122. The molecule has 7 heteroatoms. The lowest BCUT2D eigenvalue weighted by atomic mass is 10.1.